The third-order valence-electron chi connectivity index (χ3n) is 14.0. The second-order valence-corrected chi connectivity index (χ2v) is 18.4. The maximum Gasteiger partial charge on any atom is 0.336 e. The molecule has 0 aliphatic carbocycles. The largest absolute Gasteiger partial charge is 0.504 e. The van der Waals surface area contributed by atoms with Crippen molar-refractivity contribution in [3.63, 3.8) is 0 Å². The Balaban J connectivity index is 1.25. The number of aromatic hydroxyl groups is 2. The fourth-order valence-corrected chi connectivity index (χ4v) is 13.1. The lowest BCUT2D eigenvalue weighted by Gasteiger charge is -2.62. The SMILES string of the molecule is C=CCN1[C@@H]2Cc3cc(C)c(OC)c(O)c3[C@H]1C1[C@@H]3SC[C@]4(NCCc5cc(O)c(OC)cc54)C(=O)OCC[C@@H](c4c5c(c(C)c(OC(=O)/C=C/c6ccccc6)c43)OCO5)N1[C@H]2C#N. The minimum atomic E-state index is -1.42. The van der Waals surface area contributed by atoms with Gasteiger partial charge in [0.1, 0.15) is 11.8 Å². The Hall–Kier alpha value is -6.18. The molecule has 1 spiro atoms. The van der Waals surface area contributed by atoms with Crippen LogP contribution in [0.1, 0.15) is 73.8 Å². The highest BCUT2D eigenvalue weighted by molar-refractivity contribution is 7.99. The van der Waals surface area contributed by atoms with E-state index in [0.717, 1.165) is 22.3 Å². The molecule has 0 amide bonds. The van der Waals surface area contributed by atoms with Gasteiger partial charge in [-0.2, -0.15) is 5.26 Å². The van der Waals surface area contributed by atoms with Crippen molar-refractivity contribution < 1.29 is 48.2 Å². The Morgan fingerprint density at radius 1 is 1.05 bits per heavy atom. The van der Waals surface area contributed by atoms with Crippen LogP contribution in [0.4, 0.5) is 0 Å². The molecule has 0 radical (unpaired) electrons. The summed E-state index contributed by atoms with van der Waals surface area (Å²) < 4.78 is 36.9. The van der Waals surface area contributed by atoms with Crippen LogP contribution in [0.15, 0.2) is 67.3 Å². The summed E-state index contributed by atoms with van der Waals surface area (Å²) in [5.74, 6) is 0.789. The van der Waals surface area contributed by atoms with Gasteiger partial charge >= 0.3 is 11.9 Å². The Bertz CT molecular complexity index is 2700. The predicted octanol–water partition coefficient (Wildman–Crippen LogP) is 6.63. The average Bonchev–Trinajstić information content (AvgIpc) is 3.79. The van der Waals surface area contributed by atoms with Crippen LogP contribution in [0.2, 0.25) is 0 Å². The molecule has 4 aromatic rings. The number of fused-ring (bicyclic) bond motifs is 10. The highest BCUT2D eigenvalue weighted by atomic mass is 32.2. The van der Waals surface area contributed by atoms with E-state index in [1.165, 1.54) is 24.9 Å². The molecule has 336 valence electrons. The Morgan fingerprint density at radius 2 is 1.85 bits per heavy atom. The number of nitrogens with one attached hydrogen (secondary N) is 1. The number of esters is 2. The topological polar surface area (TPSA) is 172 Å². The first-order valence-electron chi connectivity index (χ1n) is 21.8. The number of nitrogens with zero attached hydrogens (tertiary/aromatic N) is 3. The third kappa shape index (κ3) is 6.63. The van der Waals surface area contributed by atoms with Crippen molar-refractivity contribution >= 4 is 29.8 Å². The summed E-state index contributed by atoms with van der Waals surface area (Å²) >= 11 is 1.47. The number of methoxy groups -OCH3 is 2. The molecule has 7 aliphatic rings. The second-order valence-electron chi connectivity index (χ2n) is 17.3. The van der Waals surface area contributed by atoms with Crippen LogP contribution in [0.5, 0.6) is 40.2 Å². The molecule has 7 aliphatic heterocycles. The number of phenolic OH excluding ortho intramolecular Hbond substituents is 2. The van der Waals surface area contributed by atoms with Gasteiger partial charge in [0.2, 0.25) is 6.79 Å². The summed E-state index contributed by atoms with van der Waals surface area (Å²) in [5.41, 5.74) is 5.09. The zero-order chi connectivity index (χ0) is 45.3. The molecule has 7 atom stereocenters. The van der Waals surface area contributed by atoms with Crippen LogP contribution in [-0.2, 0) is 32.7 Å². The quantitative estimate of drug-likeness (QED) is 0.0781. The Morgan fingerprint density at radius 3 is 2.60 bits per heavy atom. The normalized spacial score (nSPS) is 26.5. The van der Waals surface area contributed by atoms with Gasteiger partial charge in [0.15, 0.2) is 40.0 Å². The lowest BCUT2D eigenvalue weighted by atomic mass is 9.70. The monoisotopic (exact) mass is 898 g/mol. The van der Waals surface area contributed by atoms with Crippen LogP contribution in [0, 0.1) is 25.2 Å². The molecule has 4 aromatic carbocycles. The number of aryl methyl sites for hydroxylation is 1. The molecule has 4 bridgehead atoms. The molecule has 11 rings (SSSR count). The molecular weight excluding hydrogens is 849 g/mol. The number of carbonyl (C=O) groups excluding carboxylic acids is 2. The van der Waals surface area contributed by atoms with Crippen LogP contribution in [0.25, 0.3) is 6.08 Å². The van der Waals surface area contributed by atoms with Gasteiger partial charge in [-0.15, -0.1) is 18.3 Å². The average molecular weight is 899 g/mol. The number of nitriles is 1. The van der Waals surface area contributed by atoms with E-state index in [4.69, 9.17) is 28.4 Å². The molecular formula is C50H50N4O10S. The van der Waals surface area contributed by atoms with Gasteiger partial charge < -0.3 is 38.6 Å². The fraction of sp³-hybridized carbons (Fsp3) is 0.380. The zero-order valence-corrected chi connectivity index (χ0v) is 37.4. The summed E-state index contributed by atoms with van der Waals surface area (Å²) in [5, 5.41) is 37.7. The van der Waals surface area contributed by atoms with E-state index in [2.05, 4.69) is 33.8 Å². The van der Waals surface area contributed by atoms with Crippen LogP contribution in [-0.4, -0.2) is 96.5 Å². The summed E-state index contributed by atoms with van der Waals surface area (Å²) in [6.07, 6.45) is 6.15. The van der Waals surface area contributed by atoms with Crippen LogP contribution >= 0.6 is 11.8 Å². The highest BCUT2D eigenvalue weighted by Gasteiger charge is 2.61. The van der Waals surface area contributed by atoms with Crippen molar-refractivity contribution in [1.29, 1.82) is 5.26 Å². The maximum absolute atomic E-state index is 14.9. The molecule has 2 saturated heterocycles. The number of phenols is 2. The van der Waals surface area contributed by atoms with Gasteiger partial charge in [-0.25, -0.2) is 9.59 Å². The molecule has 1 unspecified atom stereocenters. The summed E-state index contributed by atoms with van der Waals surface area (Å²) in [6, 6.07) is 14.8. The van der Waals surface area contributed by atoms with E-state index in [-0.39, 0.29) is 48.9 Å². The number of thioether (sulfide) groups is 1. The van der Waals surface area contributed by atoms with E-state index in [1.54, 1.807) is 25.3 Å². The van der Waals surface area contributed by atoms with Crippen molar-refractivity contribution in [1.82, 2.24) is 15.1 Å². The van der Waals surface area contributed by atoms with Crippen LogP contribution in [0.3, 0.4) is 0 Å². The minimum Gasteiger partial charge on any atom is -0.504 e. The molecule has 3 N–H and O–H groups in total. The van der Waals surface area contributed by atoms with E-state index in [1.807, 2.05) is 50.3 Å². The van der Waals surface area contributed by atoms with Crippen LogP contribution < -0.4 is 29.0 Å². The number of piperazine rings is 1. The molecule has 0 saturated carbocycles. The number of rotatable bonds is 7. The van der Waals surface area contributed by atoms with Gasteiger partial charge in [0.25, 0.3) is 0 Å². The van der Waals surface area contributed by atoms with Gasteiger partial charge in [-0.3, -0.25) is 15.1 Å². The van der Waals surface area contributed by atoms with E-state index in [9.17, 15) is 25.1 Å². The lowest BCUT2D eigenvalue weighted by molar-refractivity contribution is -0.152. The van der Waals surface area contributed by atoms with Crippen molar-refractivity contribution in [2.24, 2.45) is 0 Å². The Labute approximate surface area is 381 Å². The number of carbonyl (C=O) groups is 2. The van der Waals surface area contributed by atoms with Gasteiger partial charge in [-0.05, 0) is 72.7 Å². The lowest BCUT2D eigenvalue weighted by Crippen LogP contribution is -2.69. The number of hydrogen-bond acceptors (Lipinski definition) is 15. The molecule has 65 heavy (non-hydrogen) atoms. The molecule has 14 nitrogen and oxygen atoms in total. The van der Waals surface area contributed by atoms with Gasteiger partial charge in [0.05, 0.1) is 38.2 Å². The maximum atomic E-state index is 14.9. The standard InChI is InChI=1S/C50H50N4O10S/c1-6-17-53-33-20-30-19-26(2)44(60-5)43(57)38(30)41(53)42-48-40-39(47-46(62-25-63-47)27(3)45(40)64-37(56)13-12-28-10-8-7-9-11-28)32(54(42)34(33)23-51)15-18-61-49(58)50(24-65-48)31-22-36(59-4)35(55)21-29(31)14-16-52-50/h6-13,19,21-22,32-34,41-42,48,52,55,57H,1,14-18,20,24-25H2,2-5H3/b13-12+/t32-,33+,34-,41-,42?,48+,50+/m0/s1. The summed E-state index contributed by atoms with van der Waals surface area (Å²) in [4.78, 5) is 33.6. The zero-order valence-electron chi connectivity index (χ0n) is 36.6. The minimum absolute atomic E-state index is 0.0232. The first kappa shape index (κ1) is 42.8. The number of ether oxygens (including phenoxy) is 6. The molecule has 7 heterocycles. The van der Waals surface area contributed by atoms with E-state index < -0.39 is 46.9 Å². The Kier molecular flexibility index (Phi) is 11.0. The highest BCUT2D eigenvalue weighted by Crippen LogP contribution is 2.65. The van der Waals surface area contributed by atoms with Gasteiger partial charge in [0, 0.05) is 71.7 Å². The molecule has 0 aromatic heterocycles. The van der Waals surface area contributed by atoms with E-state index in [0.29, 0.717) is 76.7 Å². The smallest absolute Gasteiger partial charge is 0.336 e. The fourth-order valence-electron chi connectivity index (χ4n) is 11.4. The van der Waals surface area contributed by atoms with Crippen molar-refractivity contribution in [2.45, 2.75) is 74.1 Å². The van der Waals surface area contributed by atoms with Crippen molar-refractivity contribution in [2.75, 3.05) is 46.5 Å². The van der Waals surface area contributed by atoms with Gasteiger partial charge in [-0.1, -0.05) is 42.5 Å². The number of benzene rings is 4. The second kappa shape index (κ2) is 16.7. The van der Waals surface area contributed by atoms with Crippen molar-refractivity contribution in [3.8, 4) is 46.3 Å². The first-order chi connectivity index (χ1) is 31.5. The first-order valence-corrected chi connectivity index (χ1v) is 22.9. The number of hydrogen-bond donors (Lipinski definition) is 3. The summed E-state index contributed by atoms with van der Waals surface area (Å²) in [7, 11) is 3.01. The predicted molar refractivity (Wildman–Crippen MR) is 242 cm³/mol. The molecule has 15 heteroatoms. The van der Waals surface area contributed by atoms with Crippen molar-refractivity contribution in [3.05, 3.63) is 117 Å². The molecule has 2 fully saturated rings. The third-order valence-corrected chi connectivity index (χ3v) is 15.5. The summed E-state index contributed by atoms with van der Waals surface area (Å²) in [6.45, 7) is 8.59. The van der Waals surface area contributed by atoms with E-state index >= 15 is 0 Å².